The molecular weight excluding hydrogens is 338 g/mol. The van der Waals surface area contributed by atoms with Crippen LogP contribution in [0.2, 0.25) is 0 Å². The highest BCUT2D eigenvalue weighted by atomic mass is 32.2. The topological polar surface area (TPSA) is 92.5 Å². The van der Waals surface area contributed by atoms with Crippen molar-refractivity contribution in [1.82, 2.24) is 9.62 Å². The zero-order valence-electron chi connectivity index (χ0n) is 14.7. The molecule has 1 aliphatic heterocycles. The normalized spacial score (nSPS) is 20.2. The Hall–Kier alpha value is -1.44. The Labute approximate surface area is 149 Å². The summed E-state index contributed by atoms with van der Waals surface area (Å²) in [5.74, 6) is 0.236. The third-order valence-electron chi connectivity index (χ3n) is 5.11. The zero-order chi connectivity index (χ0) is 18.0. The molecule has 3 rings (SSSR count). The smallest absolute Gasteiger partial charge is 0.251 e. The van der Waals surface area contributed by atoms with Crippen molar-refractivity contribution >= 4 is 15.9 Å². The average molecular weight is 365 g/mol. The molecule has 1 aromatic rings. The van der Waals surface area contributed by atoms with Crippen molar-refractivity contribution in [3.63, 3.8) is 0 Å². The number of sulfonamides is 1. The Morgan fingerprint density at radius 1 is 1.28 bits per heavy atom. The monoisotopic (exact) mass is 365 g/mol. The first-order valence-electron chi connectivity index (χ1n) is 9.04. The van der Waals surface area contributed by atoms with E-state index >= 15 is 0 Å². The van der Waals surface area contributed by atoms with Crippen LogP contribution in [0.5, 0.6) is 0 Å². The molecule has 3 N–H and O–H groups in total. The molecule has 6 nitrogen and oxygen atoms in total. The molecule has 1 amide bonds. The van der Waals surface area contributed by atoms with E-state index in [1.54, 1.807) is 19.1 Å². The van der Waals surface area contributed by atoms with Gasteiger partial charge in [0.2, 0.25) is 10.0 Å². The van der Waals surface area contributed by atoms with E-state index in [4.69, 9.17) is 5.73 Å². The van der Waals surface area contributed by atoms with Crippen LogP contribution in [-0.2, 0) is 10.0 Å². The molecule has 7 heteroatoms. The summed E-state index contributed by atoms with van der Waals surface area (Å²) in [7, 11) is -3.55. The zero-order valence-corrected chi connectivity index (χ0v) is 15.5. The minimum Gasteiger partial charge on any atom is -0.350 e. The van der Waals surface area contributed by atoms with Crippen molar-refractivity contribution in [2.24, 2.45) is 11.7 Å². The van der Waals surface area contributed by atoms with Crippen molar-refractivity contribution < 1.29 is 13.2 Å². The highest BCUT2D eigenvalue weighted by Crippen LogP contribution is 2.31. The maximum Gasteiger partial charge on any atom is 0.251 e. The van der Waals surface area contributed by atoms with Gasteiger partial charge in [-0.2, -0.15) is 4.31 Å². The fourth-order valence-corrected chi connectivity index (χ4v) is 5.04. The predicted molar refractivity (Wildman–Crippen MR) is 96.8 cm³/mol. The van der Waals surface area contributed by atoms with Gasteiger partial charge in [0.05, 0.1) is 4.90 Å². The number of rotatable bonds is 6. The summed E-state index contributed by atoms with van der Waals surface area (Å²) in [6.07, 6.45) is 5.09. The largest absolute Gasteiger partial charge is 0.350 e. The van der Waals surface area contributed by atoms with Gasteiger partial charge in [-0.3, -0.25) is 4.79 Å². The molecule has 1 aliphatic carbocycles. The van der Waals surface area contributed by atoms with E-state index in [-0.39, 0.29) is 16.8 Å². The lowest BCUT2D eigenvalue weighted by Gasteiger charge is -2.26. The minimum absolute atomic E-state index is 0.0223. The Morgan fingerprint density at radius 2 is 1.96 bits per heavy atom. The third-order valence-corrected chi connectivity index (χ3v) is 7.15. The van der Waals surface area contributed by atoms with E-state index < -0.39 is 10.0 Å². The number of nitrogens with zero attached hydrogens (tertiary/aromatic N) is 1. The first-order chi connectivity index (χ1) is 11.9. The first kappa shape index (κ1) is 18.4. The van der Waals surface area contributed by atoms with E-state index in [9.17, 15) is 13.2 Å². The molecular formula is C18H27N3O3S. The maximum absolute atomic E-state index is 12.9. The first-order valence-corrected chi connectivity index (χ1v) is 10.5. The summed E-state index contributed by atoms with van der Waals surface area (Å²) in [4.78, 5) is 12.6. The number of carbonyl (C=O) groups is 1. The molecule has 0 spiro atoms. The second-order valence-electron chi connectivity index (χ2n) is 7.16. The lowest BCUT2D eigenvalue weighted by atomic mass is 10.1. The molecule has 2 aliphatic rings. The second-order valence-corrected chi connectivity index (χ2v) is 9.06. The van der Waals surface area contributed by atoms with Crippen molar-refractivity contribution in [3.8, 4) is 0 Å². The molecule has 1 unspecified atom stereocenters. The second kappa shape index (κ2) is 7.43. The van der Waals surface area contributed by atoms with Crippen LogP contribution in [-0.4, -0.2) is 44.3 Å². The van der Waals surface area contributed by atoms with Gasteiger partial charge in [-0.1, -0.05) is 12.5 Å². The number of aryl methyl sites for hydroxylation is 1. The van der Waals surface area contributed by atoms with Gasteiger partial charge in [-0.05, 0) is 56.2 Å². The van der Waals surface area contributed by atoms with E-state index in [1.807, 2.05) is 0 Å². The van der Waals surface area contributed by atoms with Crippen LogP contribution in [0.3, 0.4) is 0 Å². The maximum atomic E-state index is 12.9. The van der Waals surface area contributed by atoms with Crippen molar-refractivity contribution in [1.29, 1.82) is 0 Å². The van der Waals surface area contributed by atoms with Crippen LogP contribution in [0.25, 0.3) is 0 Å². The fourth-order valence-electron chi connectivity index (χ4n) is 3.27. The molecule has 0 aromatic heterocycles. The van der Waals surface area contributed by atoms with E-state index in [1.165, 1.54) is 10.4 Å². The molecule has 0 radical (unpaired) electrons. The van der Waals surface area contributed by atoms with Crippen LogP contribution < -0.4 is 11.1 Å². The number of amides is 1. The number of nitrogens with two attached hydrogens (primary N) is 1. The Kier molecular flexibility index (Phi) is 5.46. The van der Waals surface area contributed by atoms with E-state index in [0.717, 1.165) is 32.1 Å². The molecule has 1 atom stereocenters. The van der Waals surface area contributed by atoms with Gasteiger partial charge in [0.15, 0.2) is 0 Å². The Balaban J connectivity index is 1.76. The molecule has 25 heavy (non-hydrogen) atoms. The molecule has 1 aromatic carbocycles. The number of piperidine rings is 1. The third kappa shape index (κ3) is 4.22. The Morgan fingerprint density at radius 3 is 2.60 bits per heavy atom. The summed E-state index contributed by atoms with van der Waals surface area (Å²) < 4.78 is 27.4. The molecule has 1 heterocycles. The van der Waals surface area contributed by atoms with Crippen molar-refractivity contribution in [2.75, 3.05) is 19.6 Å². The lowest BCUT2D eigenvalue weighted by molar-refractivity contribution is 0.0950. The summed E-state index contributed by atoms with van der Waals surface area (Å²) >= 11 is 0. The van der Waals surface area contributed by atoms with Gasteiger partial charge in [0.1, 0.15) is 0 Å². The van der Waals surface area contributed by atoms with Crippen LogP contribution in [0, 0.1) is 12.8 Å². The standard InChI is InChI=1S/C18H27N3O3S/c1-13-5-6-15(18(22)20-12-16(19)14-7-8-14)11-17(13)25(23,24)21-9-3-2-4-10-21/h5-6,11,14,16H,2-4,7-10,12,19H2,1H3,(H,20,22). The molecule has 0 bridgehead atoms. The summed E-state index contributed by atoms with van der Waals surface area (Å²) in [6.45, 7) is 3.29. The number of hydrogen-bond acceptors (Lipinski definition) is 4. The summed E-state index contributed by atoms with van der Waals surface area (Å²) in [5, 5.41) is 2.83. The minimum atomic E-state index is -3.55. The Bertz CT molecular complexity index is 738. The van der Waals surface area contributed by atoms with E-state index in [2.05, 4.69) is 5.32 Å². The van der Waals surface area contributed by atoms with Crippen LogP contribution in [0.1, 0.15) is 48.0 Å². The molecule has 1 saturated heterocycles. The fraction of sp³-hybridized carbons (Fsp3) is 0.611. The van der Waals surface area contributed by atoms with E-state index in [0.29, 0.717) is 36.7 Å². The quantitative estimate of drug-likeness (QED) is 0.801. The molecule has 138 valence electrons. The highest BCUT2D eigenvalue weighted by Gasteiger charge is 2.30. The van der Waals surface area contributed by atoms with Gasteiger partial charge >= 0.3 is 0 Å². The number of hydrogen-bond donors (Lipinski definition) is 2. The number of carbonyl (C=O) groups excluding carboxylic acids is 1. The summed E-state index contributed by atoms with van der Waals surface area (Å²) in [6, 6.07) is 4.85. The van der Waals surface area contributed by atoms with Gasteiger partial charge < -0.3 is 11.1 Å². The number of nitrogens with one attached hydrogen (secondary N) is 1. The van der Waals surface area contributed by atoms with Crippen LogP contribution in [0.4, 0.5) is 0 Å². The van der Waals surface area contributed by atoms with Gasteiger partial charge in [-0.25, -0.2) is 8.42 Å². The van der Waals surface area contributed by atoms with Crippen LogP contribution in [0.15, 0.2) is 23.1 Å². The van der Waals surface area contributed by atoms with Crippen molar-refractivity contribution in [3.05, 3.63) is 29.3 Å². The SMILES string of the molecule is Cc1ccc(C(=O)NCC(N)C2CC2)cc1S(=O)(=O)N1CCCCC1. The average Bonchev–Trinajstić information content (AvgIpc) is 3.45. The molecule has 2 fully saturated rings. The predicted octanol–water partition coefficient (Wildman–Crippen LogP) is 1.64. The lowest BCUT2D eigenvalue weighted by Crippen LogP contribution is -2.39. The van der Waals surface area contributed by atoms with Crippen LogP contribution >= 0.6 is 0 Å². The number of benzene rings is 1. The van der Waals surface area contributed by atoms with Gasteiger partial charge in [0, 0.05) is 31.2 Å². The highest BCUT2D eigenvalue weighted by molar-refractivity contribution is 7.89. The summed E-state index contributed by atoms with van der Waals surface area (Å²) in [5.41, 5.74) is 7.04. The van der Waals surface area contributed by atoms with Gasteiger partial charge in [0.25, 0.3) is 5.91 Å². The van der Waals surface area contributed by atoms with Crippen molar-refractivity contribution in [2.45, 2.75) is 50.0 Å². The van der Waals surface area contributed by atoms with Gasteiger partial charge in [-0.15, -0.1) is 0 Å². The molecule has 1 saturated carbocycles.